The molecule has 0 amide bonds. The summed E-state index contributed by atoms with van der Waals surface area (Å²) in [4.78, 5) is 11.6. The van der Waals surface area contributed by atoms with Crippen molar-refractivity contribution in [2.75, 3.05) is 7.11 Å². The van der Waals surface area contributed by atoms with Crippen molar-refractivity contribution in [1.82, 2.24) is 9.78 Å². The number of aryl methyl sites for hydroxylation is 1. The minimum Gasteiger partial charge on any atom is -0.496 e. The Morgan fingerprint density at radius 2 is 2.20 bits per heavy atom. The second kappa shape index (κ2) is 6.64. The van der Waals surface area contributed by atoms with Crippen molar-refractivity contribution in [1.29, 1.82) is 0 Å². The molecule has 25 heavy (non-hydrogen) atoms. The van der Waals surface area contributed by atoms with E-state index in [1.165, 1.54) is 10.9 Å². The van der Waals surface area contributed by atoms with E-state index in [0.717, 1.165) is 21.3 Å². The van der Waals surface area contributed by atoms with Gasteiger partial charge >= 0.3 is 5.97 Å². The SMILES string of the molecule is COc1cc2c(cc1Br)-c1c(c(C(=O)O)nn1/C(N)=C/C=C\N)CC2. The fraction of sp³-hybridized carbons (Fsp3) is 0.176. The number of carboxylic acids is 1. The fourth-order valence-electron chi connectivity index (χ4n) is 2.99. The number of hydrogen-bond acceptors (Lipinski definition) is 5. The second-order valence-electron chi connectivity index (χ2n) is 5.51. The lowest BCUT2D eigenvalue weighted by atomic mass is 9.88. The van der Waals surface area contributed by atoms with Crippen LogP contribution in [-0.4, -0.2) is 28.0 Å². The van der Waals surface area contributed by atoms with E-state index in [0.29, 0.717) is 24.1 Å². The van der Waals surface area contributed by atoms with Crippen molar-refractivity contribution < 1.29 is 14.6 Å². The first kappa shape index (κ1) is 17.1. The monoisotopic (exact) mass is 404 g/mol. The predicted molar refractivity (Wildman–Crippen MR) is 98.1 cm³/mol. The normalized spacial score (nSPS) is 13.6. The number of ether oxygens (including phenoxy) is 1. The second-order valence-corrected chi connectivity index (χ2v) is 6.37. The Hall–Kier alpha value is -2.74. The number of rotatable bonds is 4. The van der Waals surface area contributed by atoms with Crippen LogP contribution in [0, 0.1) is 0 Å². The van der Waals surface area contributed by atoms with E-state index in [9.17, 15) is 9.90 Å². The highest BCUT2D eigenvalue weighted by molar-refractivity contribution is 9.10. The first-order chi connectivity index (χ1) is 12.0. The molecule has 0 unspecified atom stereocenters. The summed E-state index contributed by atoms with van der Waals surface area (Å²) in [7, 11) is 1.60. The molecular weight excluding hydrogens is 388 g/mol. The zero-order valence-electron chi connectivity index (χ0n) is 13.5. The largest absolute Gasteiger partial charge is 0.496 e. The van der Waals surface area contributed by atoms with Gasteiger partial charge in [-0.25, -0.2) is 9.48 Å². The number of benzene rings is 1. The maximum absolute atomic E-state index is 11.6. The molecule has 1 aliphatic rings. The van der Waals surface area contributed by atoms with Gasteiger partial charge < -0.3 is 21.3 Å². The summed E-state index contributed by atoms with van der Waals surface area (Å²) in [6, 6.07) is 3.85. The third-order valence-electron chi connectivity index (χ3n) is 4.09. The number of hydrogen-bond donors (Lipinski definition) is 3. The molecule has 0 bridgehead atoms. The maximum atomic E-state index is 11.6. The third-order valence-corrected chi connectivity index (χ3v) is 4.71. The average Bonchev–Trinajstić information content (AvgIpc) is 2.99. The van der Waals surface area contributed by atoms with Crippen molar-refractivity contribution in [2.24, 2.45) is 11.5 Å². The predicted octanol–water partition coefficient (Wildman–Crippen LogP) is 2.35. The lowest BCUT2D eigenvalue weighted by molar-refractivity contribution is 0.0689. The zero-order chi connectivity index (χ0) is 18.1. The number of aromatic nitrogens is 2. The molecule has 8 heteroatoms. The maximum Gasteiger partial charge on any atom is 0.356 e. The van der Waals surface area contributed by atoms with E-state index in [1.807, 2.05) is 12.1 Å². The van der Waals surface area contributed by atoms with E-state index >= 15 is 0 Å². The third kappa shape index (κ3) is 2.89. The number of fused-ring (bicyclic) bond motifs is 3. The van der Waals surface area contributed by atoms with Crippen LogP contribution in [0.25, 0.3) is 17.1 Å². The molecule has 0 radical (unpaired) electrons. The molecule has 7 nitrogen and oxygen atoms in total. The fourth-order valence-corrected chi connectivity index (χ4v) is 3.49. The number of carbonyl (C=O) groups is 1. The van der Waals surface area contributed by atoms with Gasteiger partial charge in [-0.3, -0.25) is 0 Å². The van der Waals surface area contributed by atoms with Crippen molar-refractivity contribution in [3.05, 3.63) is 51.8 Å². The number of nitrogens with two attached hydrogens (primary N) is 2. The van der Waals surface area contributed by atoms with E-state index in [-0.39, 0.29) is 11.5 Å². The minimum absolute atomic E-state index is 0.0145. The first-order valence-corrected chi connectivity index (χ1v) is 8.33. The summed E-state index contributed by atoms with van der Waals surface area (Å²) >= 11 is 3.48. The summed E-state index contributed by atoms with van der Waals surface area (Å²) in [5.74, 6) is -0.0697. The van der Waals surface area contributed by atoms with E-state index in [2.05, 4.69) is 21.0 Å². The Bertz CT molecular complexity index is 915. The molecule has 5 N–H and O–H groups in total. The highest BCUT2D eigenvalue weighted by atomic mass is 79.9. The van der Waals surface area contributed by atoms with Crippen LogP contribution in [0.4, 0.5) is 0 Å². The van der Waals surface area contributed by atoms with Crippen LogP contribution in [0.1, 0.15) is 21.6 Å². The van der Waals surface area contributed by atoms with Gasteiger partial charge in [0.05, 0.1) is 17.3 Å². The van der Waals surface area contributed by atoms with Crippen LogP contribution in [0.15, 0.2) is 35.0 Å². The van der Waals surface area contributed by atoms with Crippen LogP contribution >= 0.6 is 15.9 Å². The Balaban J connectivity index is 2.29. The van der Waals surface area contributed by atoms with Crippen molar-refractivity contribution in [3.63, 3.8) is 0 Å². The average molecular weight is 405 g/mol. The first-order valence-electron chi connectivity index (χ1n) is 7.54. The Morgan fingerprint density at radius 3 is 2.84 bits per heavy atom. The highest BCUT2D eigenvalue weighted by Crippen LogP contribution is 2.41. The van der Waals surface area contributed by atoms with E-state index in [1.54, 1.807) is 19.3 Å². The van der Waals surface area contributed by atoms with Gasteiger partial charge in [0.15, 0.2) is 5.69 Å². The molecule has 130 valence electrons. The molecule has 0 spiro atoms. The lowest BCUT2D eigenvalue weighted by Gasteiger charge is -2.20. The standard InChI is InChI=1S/C17H17BrN4O3/c1-25-13-7-9-4-5-10-15(17(23)24)21-22(14(20)3-2-6-19)16(10)11(9)8-12(13)18/h2-3,6-8H,4-5,19-20H2,1H3,(H,23,24)/b6-2-,14-3+. The van der Waals surface area contributed by atoms with E-state index < -0.39 is 5.97 Å². The molecule has 2 aromatic rings. The molecule has 0 saturated carbocycles. The van der Waals surface area contributed by atoms with Crippen LogP contribution in [0.2, 0.25) is 0 Å². The highest BCUT2D eigenvalue weighted by Gasteiger charge is 2.29. The minimum atomic E-state index is -1.08. The zero-order valence-corrected chi connectivity index (χ0v) is 15.1. The number of carboxylic acid groups (broad SMARTS) is 1. The molecule has 0 fully saturated rings. The molecule has 3 rings (SSSR count). The van der Waals surface area contributed by atoms with Gasteiger partial charge in [-0.2, -0.15) is 5.10 Å². The molecule has 1 aromatic heterocycles. The van der Waals surface area contributed by atoms with Crippen LogP contribution < -0.4 is 16.2 Å². The number of methoxy groups -OCH3 is 1. The van der Waals surface area contributed by atoms with Crippen LogP contribution in [-0.2, 0) is 12.8 Å². The van der Waals surface area contributed by atoms with Gasteiger partial charge in [0.2, 0.25) is 0 Å². The lowest BCUT2D eigenvalue weighted by Crippen LogP contribution is -2.12. The number of allylic oxidation sites excluding steroid dienone is 2. The molecule has 1 heterocycles. The van der Waals surface area contributed by atoms with Crippen molar-refractivity contribution in [2.45, 2.75) is 12.8 Å². The molecule has 1 aromatic carbocycles. The van der Waals surface area contributed by atoms with Gasteiger partial charge in [-0.1, -0.05) is 0 Å². The summed E-state index contributed by atoms with van der Waals surface area (Å²) < 4.78 is 7.58. The number of aromatic carboxylic acids is 1. The van der Waals surface area contributed by atoms with Crippen LogP contribution in [0.5, 0.6) is 5.75 Å². The summed E-state index contributed by atoms with van der Waals surface area (Å²) in [6.45, 7) is 0. The van der Waals surface area contributed by atoms with Gasteiger partial charge in [-0.15, -0.1) is 0 Å². The number of halogens is 1. The topological polar surface area (TPSA) is 116 Å². The Kier molecular flexibility index (Phi) is 4.54. The quantitative estimate of drug-likeness (QED) is 0.673. The molecular formula is C17H17BrN4O3. The van der Waals surface area contributed by atoms with Gasteiger partial charge in [0, 0.05) is 11.1 Å². The van der Waals surface area contributed by atoms with E-state index in [4.69, 9.17) is 16.2 Å². The molecule has 0 atom stereocenters. The van der Waals surface area contributed by atoms with Crippen molar-refractivity contribution >= 4 is 27.7 Å². The molecule has 0 aliphatic heterocycles. The molecule has 0 saturated heterocycles. The Labute approximate surface area is 152 Å². The Morgan fingerprint density at radius 1 is 1.44 bits per heavy atom. The summed E-state index contributed by atoms with van der Waals surface area (Å²) in [6.07, 6.45) is 5.75. The van der Waals surface area contributed by atoms with Crippen molar-refractivity contribution in [3.8, 4) is 17.0 Å². The number of nitrogens with zero attached hydrogens (tertiary/aromatic N) is 2. The smallest absolute Gasteiger partial charge is 0.356 e. The summed E-state index contributed by atoms with van der Waals surface area (Å²) in [5, 5.41) is 13.7. The van der Waals surface area contributed by atoms with Gasteiger partial charge in [-0.05, 0) is 64.8 Å². The van der Waals surface area contributed by atoms with Crippen LogP contribution in [0.3, 0.4) is 0 Å². The summed E-state index contributed by atoms with van der Waals surface area (Å²) in [5.41, 5.74) is 14.7. The molecule has 1 aliphatic carbocycles. The van der Waals surface area contributed by atoms with Gasteiger partial charge in [0.1, 0.15) is 11.6 Å². The van der Waals surface area contributed by atoms with Gasteiger partial charge in [0.25, 0.3) is 0 Å².